The van der Waals surface area contributed by atoms with Crippen LogP contribution in [0.4, 0.5) is 8.78 Å². The molecule has 0 spiro atoms. The number of likely N-dealkylation sites (N-methyl/N-ethyl adjacent to an activating group) is 1. The minimum atomic E-state index is -0.673. The van der Waals surface area contributed by atoms with Crippen molar-refractivity contribution in [3.05, 3.63) is 35.4 Å². The first-order valence-corrected chi connectivity index (χ1v) is 6.60. The van der Waals surface area contributed by atoms with Gasteiger partial charge in [-0.05, 0) is 44.5 Å². The van der Waals surface area contributed by atoms with Crippen molar-refractivity contribution in [3.8, 4) is 0 Å². The molecule has 1 aromatic carbocycles. The van der Waals surface area contributed by atoms with E-state index in [1.165, 1.54) is 0 Å². The average Bonchev–Trinajstić information content (AvgIpc) is 2.43. The summed E-state index contributed by atoms with van der Waals surface area (Å²) < 4.78 is 26.8. The molecule has 1 aliphatic rings. The van der Waals surface area contributed by atoms with Gasteiger partial charge >= 0.3 is 0 Å². The van der Waals surface area contributed by atoms with Gasteiger partial charge < -0.3 is 10.2 Å². The number of amides is 1. The van der Waals surface area contributed by atoms with Crippen LogP contribution in [0, 0.1) is 11.6 Å². The quantitative estimate of drug-likeness (QED) is 0.911. The lowest BCUT2D eigenvalue weighted by molar-refractivity contribution is 0.0657. The van der Waals surface area contributed by atoms with Crippen LogP contribution in [0.25, 0.3) is 0 Å². The summed E-state index contributed by atoms with van der Waals surface area (Å²) in [5.74, 6) is -1.70. The van der Waals surface area contributed by atoms with Crippen LogP contribution in [-0.2, 0) is 0 Å². The highest BCUT2D eigenvalue weighted by atomic mass is 19.1. The molecule has 1 fully saturated rings. The van der Waals surface area contributed by atoms with Gasteiger partial charge in [0.2, 0.25) is 0 Å². The van der Waals surface area contributed by atoms with E-state index in [1.807, 2.05) is 6.92 Å². The molecule has 0 saturated carbocycles. The number of hydrogen-bond acceptors (Lipinski definition) is 2. The predicted octanol–water partition coefficient (Wildman–Crippen LogP) is 2.18. The standard InChI is InChI=1S/C14H18F2N2O/c1-2-18(11-4-3-7-17-9-11)14(19)12-8-10(15)5-6-13(12)16/h5-6,8,11,17H,2-4,7,9H2,1H3. The minimum Gasteiger partial charge on any atom is -0.335 e. The van der Waals surface area contributed by atoms with Crippen LogP contribution in [0.3, 0.4) is 0 Å². The third-order valence-electron chi connectivity index (χ3n) is 3.47. The Hall–Kier alpha value is -1.49. The molecule has 1 atom stereocenters. The summed E-state index contributed by atoms with van der Waals surface area (Å²) in [6.07, 6.45) is 1.88. The zero-order valence-corrected chi connectivity index (χ0v) is 11.0. The second-order valence-electron chi connectivity index (χ2n) is 4.72. The van der Waals surface area contributed by atoms with Gasteiger partial charge in [-0.15, -0.1) is 0 Å². The van der Waals surface area contributed by atoms with Gasteiger partial charge in [0.15, 0.2) is 0 Å². The number of nitrogens with zero attached hydrogens (tertiary/aromatic N) is 1. The van der Waals surface area contributed by atoms with E-state index in [0.29, 0.717) is 13.1 Å². The molecule has 19 heavy (non-hydrogen) atoms. The van der Waals surface area contributed by atoms with E-state index in [4.69, 9.17) is 0 Å². The van der Waals surface area contributed by atoms with Gasteiger partial charge in [-0.25, -0.2) is 8.78 Å². The lowest BCUT2D eigenvalue weighted by atomic mass is 10.0. The van der Waals surface area contributed by atoms with Crippen LogP contribution in [0.5, 0.6) is 0 Å². The molecule has 1 saturated heterocycles. The Bertz CT molecular complexity index is 459. The van der Waals surface area contributed by atoms with E-state index in [-0.39, 0.29) is 11.6 Å². The van der Waals surface area contributed by atoms with Crippen molar-refractivity contribution in [1.82, 2.24) is 10.2 Å². The molecule has 3 nitrogen and oxygen atoms in total. The maximum Gasteiger partial charge on any atom is 0.257 e. The first-order valence-electron chi connectivity index (χ1n) is 6.60. The maximum absolute atomic E-state index is 13.7. The third kappa shape index (κ3) is 3.10. The van der Waals surface area contributed by atoms with Gasteiger partial charge in [-0.1, -0.05) is 0 Å². The van der Waals surface area contributed by atoms with E-state index in [2.05, 4.69) is 5.32 Å². The van der Waals surface area contributed by atoms with Crippen LogP contribution in [-0.4, -0.2) is 36.5 Å². The van der Waals surface area contributed by atoms with E-state index in [9.17, 15) is 13.6 Å². The van der Waals surface area contributed by atoms with Crippen molar-refractivity contribution in [2.75, 3.05) is 19.6 Å². The monoisotopic (exact) mass is 268 g/mol. The molecule has 0 radical (unpaired) electrons. The molecule has 1 heterocycles. The van der Waals surface area contributed by atoms with Crippen molar-refractivity contribution in [2.45, 2.75) is 25.8 Å². The number of carbonyl (C=O) groups excluding carboxylic acids is 1. The fourth-order valence-electron chi connectivity index (χ4n) is 2.48. The number of rotatable bonds is 3. The largest absolute Gasteiger partial charge is 0.335 e. The third-order valence-corrected chi connectivity index (χ3v) is 3.47. The van der Waals surface area contributed by atoms with Crippen molar-refractivity contribution in [1.29, 1.82) is 0 Å². The normalized spacial score (nSPS) is 19.2. The van der Waals surface area contributed by atoms with Gasteiger partial charge in [0.25, 0.3) is 5.91 Å². The van der Waals surface area contributed by atoms with Gasteiger partial charge in [-0.2, -0.15) is 0 Å². The number of hydrogen-bond donors (Lipinski definition) is 1. The van der Waals surface area contributed by atoms with Crippen molar-refractivity contribution in [2.24, 2.45) is 0 Å². The highest BCUT2D eigenvalue weighted by molar-refractivity contribution is 5.94. The van der Waals surface area contributed by atoms with Gasteiger partial charge in [0.05, 0.1) is 5.56 Å². The summed E-state index contributed by atoms with van der Waals surface area (Å²) in [7, 11) is 0. The Labute approximate surface area is 111 Å². The second kappa shape index (κ2) is 6.10. The fraction of sp³-hybridized carbons (Fsp3) is 0.500. The molecule has 0 bridgehead atoms. The van der Waals surface area contributed by atoms with Crippen LogP contribution in [0.1, 0.15) is 30.1 Å². The van der Waals surface area contributed by atoms with E-state index in [0.717, 1.165) is 37.6 Å². The smallest absolute Gasteiger partial charge is 0.257 e. The van der Waals surface area contributed by atoms with E-state index < -0.39 is 17.5 Å². The van der Waals surface area contributed by atoms with Gasteiger partial charge in [-0.3, -0.25) is 4.79 Å². The first kappa shape index (κ1) is 13.9. The molecule has 1 aromatic rings. The first-order chi connectivity index (χ1) is 9.13. The molecule has 2 rings (SSSR count). The Kier molecular flexibility index (Phi) is 4.47. The number of benzene rings is 1. The number of piperidine rings is 1. The Morgan fingerprint density at radius 2 is 2.26 bits per heavy atom. The molecule has 0 aromatic heterocycles. The Morgan fingerprint density at radius 1 is 1.47 bits per heavy atom. The van der Waals surface area contributed by atoms with Crippen LogP contribution < -0.4 is 5.32 Å². The molecule has 1 N–H and O–H groups in total. The van der Waals surface area contributed by atoms with E-state index >= 15 is 0 Å². The number of nitrogens with one attached hydrogen (secondary N) is 1. The zero-order valence-electron chi connectivity index (χ0n) is 11.0. The Balaban J connectivity index is 2.22. The van der Waals surface area contributed by atoms with Crippen LogP contribution >= 0.6 is 0 Å². The molecular weight excluding hydrogens is 250 g/mol. The number of carbonyl (C=O) groups is 1. The molecule has 1 amide bonds. The summed E-state index contributed by atoms with van der Waals surface area (Å²) in [6, 6.07) is 3.03. The van der Waals surface area contributed by atoms with Gasteiger partial charge in [0.1, 0.15) is 11.6 Å². The molecule has 1 unspecified atom stereocenters. The molecule has 5 heteroatoms. The predicted molar refractivity (Wildman–Crippen MR) is 69.0 cm³/mol. The lowest BCUT2D eigenvalue weighted by Crippen LogP contribution is -2.48. The molecule has 104 valence electrons. The Morgan fingerprint density at radius 3 is 2.89 bits per heavy atom. The summed E-state index contributed by atoms with van der Waals surface area (Å²) in [6.45, 7) is 3.98. The lowest BCUT2D eigenvalue weighted by Gasteiger charge is -2.34. The van der Waals surface area contributed by atoms with Gasteiger partial charge in [0, 0.05) is 19.1 Å². The second-order valence-corrected chi connectivity index (χ2v) is 4.72. The zero-order chi connectivity index (χ0) is 13.8. The number of halogens is 2. The summed E-state index contributed by atoms with van der Waals surface area (Å²) >= 11 is 0. The van der Waals surface area contributed by atoms with Crippen LogP contribution in [0.15, 0.2) is 18.2 Å². The molecule has 1 aliphatic heterocycles. The molecule has 0 aliphatic carbocycles. The summed E-state index contributed by atoms with van der Waals surface area (Å²) in [4.78, 5) is 14.0. The minimum absolute atomic E-state index is 0.0499. The highest BCUT2D eigenvalue weighted by Gasteiger charge is 2.26. The SMILES string of the molecule is CCN(C(=O)c1cc(F)ccc1F)C1CCCNC1. The summed E-state index contributed by atoms with van der Waals surface area (Å²) in [5, 5.41) is 3.22. The summed E-state index contributed by atoms with van der Waals surface area (Å²) in [5.41, 5.74) is -0.188. The maximum atomic E-state index is 13.7. The van der Waals surface area contributed by atoms with Crippen molar-refractivity contribution < 1.29 is 13.6 Å². The van der Waals surface area contributed by atoms with E-state index in [1.54, 1.807) is 4.90 Å². The van der Waals surface area contributed by atoms with Crippen LogP contribution in [0.2, 0.25) is 0 Å². The van der Waals surface area contributed by atoms with Crippen molar-refractivity contribution in [3.63, 3.8) is 0 Å². The fourth-order valence-corrected chi connectivity index (χ4v) is 2.48. The molecular formula is C14H18F2N2O. The highest BCUT2D eigenvalue weighted by Crippen LogP contribution is 2.17. The van der Waals surface area contributed by atoms with Crippen molar-refractivity contribution >= 4 is 5.91 Å². The topological polar surface area (TPSA) is 32.3 Å². The average molecular weight is 268 g/mol.